The van der Waals surface area contributed by atoms with Crippen LogP contribution in [0.4, 0.5) is 8.78 Å². The largest absolute Gasteiger partial charge is 0.324 e. The molecular weight excluding hydrogens is 296 g/mol. The molecule has 0 radical (unpaired) electrons. The van der Waals surface area contributed by atoms with E-state index in [2.05, 4.69) is 16.9 Å². The number of hydrogen-bond donors (Lipinski definition) is 0. The van der Waals surface area contributed by atoms with Crippen LogP contribution in [-0.2, 0) is 12.4 Å². The molecule has 114 valence electrons. The first-order valence-corrected chi connectivity index (χ1v) is 7.71. The summed E-state index contributed by atoms with van der Waals surface area (Å²) in [5, 5.41) is 0. The molecule has 1 saturated heterocycles. The van der Waals surface area contributed by atoms with E-state index in [1.807, 2.05) is 0 Å². The van der Waals surface area contributed by atoms with Crippen LogP contribution in [0.15, 0.2) is 12.1 Å². The first kappa shape index (κ1) is 14.7. The molecule has 21 heavy (non-hydrogen) atoms. The van der Waals surface area contributed by atoms with E-state index in [-0.39, 0.29) is 11.4 Å². The van der Waals surface area contributed by atoms with Crippen molar-refractivity contribution in [2.45, 2.75) is 25.3 Å². The summed E-state index contributed by atoms with van der Waals surface area (Å²) >= 11 is 5.93. The molecule has 3 rings (SSSR count). The maximum absolute atomic E-state index is 14.1. The van der Waals surface area contributed by atoms with Gasteiger partial charge in [-0.2, -0.15) is 0 Å². The third-order valence-corrected chi connectivity index (χ3v) is 4.40. The van der Waals surface area contributed by atoms with Crippen molar-refractivity contribution in [3.05, 3.63) is 29.6 Å². The molecule has 0 saturated carbocycles. The predicted molar refractivity (Wildman–Crippen MR) is 79.4 cm³/mol. The molecule has 2 aromatic rings. The lowest BCUT2D eigenvalue weighted by Gasteiger charge is -2.30. The summed E-state index contributed by atoms with van der Waals surface area (Å²) < 4.78 is 29.4. The minimum Gasteiger partial charge on any atom is -0.324 e. The number of imidazole rings is 1. The Bertz CT molecular complexity index is 656. The van der Waals surface area contributed by atoms with Crippen LogP contribution in [0.2, 0.25) is 0 Å². The summed E-state index contributed by atoms with van der Waals surface area (Å²) in [6, 6.07) is 2.62. The van der Waals surface area contributed by atoms with Gasteiger partial charge in [0.25, 0.3) is 0 Å². The quantitative estimate of drug-likeness (QED) is 0.810. The highest BCUT2D eigenvalue weighted by Gasteiger charge is 2.22. The molecule has 0 spiro atoms. The van der Waals surface area contributed by atoms with Gasteiger partial charge in [-0.25, -0.2) is 13.8 Å². The van der Waals surface area contributed by atoms with Gasteiger partial charge in [0.05, 0.1) is 11.4 Å². The van der Waals surface area contributed by atoms with E-state index in [9.17, 15) is 8.78 Å². The van der Waals surface area contributed by atoms with Crippen LogP contribution >= 0.6 is 11.6 Å². The van der Waals surface area contributed by atoms with Crippen LogP contribution in [0, 0.1) is 17.6 Å². The topological polar surface area (TPSA) is 21.1 Å². The number of halogens is 3. The standard InChI is InChI=1S/C15H18ClF2N3/c1-20-6-2-3-10(8-20)9-21-13(7-16)19-12-5-4-11(17)14(18)15(12)21/h4-5,10H,2-3,6-9H2,1H3. The molecule has 0 bridgehead atoms. The molecule has 1 unspecified atom stereocenters. The maximum Gasteiger partial charge on any atom is 0.184 e. The average molecular weight is 314 g/mol. The Morgan fingerprint density at radius 1 is 1.38 bits per heavy atom. The number of alkyl halides is 1. The maximum atomic E-state index is 14.1. The minimum absolute atomic E-state index is 0.193. The smallest absolute Gasteiger partial charge is 0.184 e. The predicted octanol–water partition coefficient (Wildman–Crippen LogP) is 3.40. The number of piperidine rings is 1. The molecule has 0 aliphatic carbocycles. The number of benzene rings is 1. The van der Waals surface area contributed by atoms with Crippen LogP contribution in [-0.4, -0.2) is 34.6 Å². The summed E-state index contributed by atoms with van der Waals surface area (Å²) in [6.45, 7) is 2.67. The monoisotopic (exact) mass is 313 g/mol. The molecule has 1 fully saturated rings. The number of aromatic nitrogens is 2. The number of rotatable bonds is 3. The van der Waals surface area contributed by atoms with Crippen LogP contribution < -0.4 is 0 Å². The van der Waals surface area contributed by atoms with E-state index in [4.69, 9.17) is 11.6 Å². The molecule has 1 aromatic heterocycles. The van der Waals surface area contributed by atoms with Gasteiger partial charge in [-0.3, -0.25) is 0 Å². The van der Waals surface area contributed by atoms with Gasteiger partial charge < -0.3 is 9.47 Å². The molecule has 1 aliphatic heterocycles. The lowest BCUT2D eigenvalue weighted by Crippen LogP contribution is -2.34. The fourth-order valence-electron chi connectivity index (χ4n) is 3.18. The lowest BCUT2D eigenvalue weighted by atomic mass is 9.98. The van der Waals surface area contributed by atoms with Crippen molar-refractivity contribution in [1.82, 2.24) is 14.5 Å². The van der Waals surface area contributed by atoms with Crippen molar-refractivity contribution in [2.75, 3.05) is 20.1 Å². The molecular formula is C15H18ClF2N3. The van der Waals surface area contributed by atoms with Gasteiger partial charge in [0.15, 0.2) is 11.6 Å². The second kappa shape index (κ2) is 5.89. The first-order chi connectivity index (χ1) is 10.1. The van der Waals surface area contributed by atoms with Crippen LogP contribution in [0.25, 0.3) is 11.0 Å². The Kier molecular flexibility index (Phi) is 4.13. The van der Waals surface area contributed by atoms with Crippen molar-refractivity contribution in [1.29, 1.82) is 0 Å². The number of fused-ring (bicyclic) bond motifs is 1. The lowest BCUT2D eigenvalue weighted by molar-refractivity contribution is 0.194. The van der Waals surface area contributed by atoms with Gasteiger partial charge in [0.1, 0.15) is 11.3 Å². The highest BCUT2D eigenvalue weighted by Crippen LogP contribution is 2.26. The third kappa shape index (κ3) is 2.77. The van der Waals surface area contributed by atoms with Crippen molar-refractivity contribution < 1.29 is 8.78 Å². The van der Waals surface area contributed by atoms with Crippen molar-refractivity contribution in [3.63, 3.8) is 0 Å². The second-order valence-electron chi connectivity index (χ2n) is 5.77. The fourth-order valence-corrected chi connectivity index (χ4v) is 3.39. The minimum atomic E-state index is -0.842. The summed E-state index contributed by atoms with van der Waals surface area (Å²) in [7, 11) is 2.08. The molecule has 2 heterocycles. The zero-order chi connectivity index (χ0) is 15.0. The van der Waals surface area contributed by atoms with Crippen LogP contribution in [0.1, 0.15) is 18.7 Å². The van der Waals surface area contributed by atoms with Gasteiger partial charge in [-0.1, -0.05) is 0 Å². The zero-order valence-corrected chi connectivity index (χ0v) is 12.7. The summed E-state index contributed by atoms with van der Waals surface area (Å²) in [6.07, 6.45) is 2.21. The fraction of sp³-hybridized carbons (Fsp3) is 0.533. The number of likely N-dealkylation sites (tertiary alicyclic amines) is 1. The molecule has 3 nitrogen and oxygen atoms in total. The molecule has 6 heteroatoms. The van der Waals surface area contributed by atoms with Gasteiger partial charge >= 0.3 is 0 Å². The van der Waals surface area contributed by atoms with E-state index in [1.165, 1.54) is 6.07 Å². The molecule has 1 aromatic carbocycles. The van der Waals surface area contributed by atoms with E-state index < -0.39 is 11.6 Å². The Balaban J connectivity index is 2.01. The number of nitrogens with zero attached hydrogens (tertiary/aromatic N) is 3. The second-order valence-corrected chi connectivity index (χ2v) is 6.04. The highest BCUT2D eigenvalue weighted by atomic mass is 35.5. The Morgan fingerprint density at radius 2 is 2.19 bits per heavy atom. The van der Waals surface area contributed by atoms with Crippen LogP contribution in [0.5, 0.6) is 0 Å². The Hall–Kier alpha value is -1.20. The van der Waals surface area contributed by atoms with E-state index in [0.29, 0.717) is 23.8 Å². The van der Waals surface area contributed by atoms with Crippen LogP contribution in [0.3, 0.4) is 0 Å². The number of hydrogen-bond acceptors (Lipinski definition) is 2. The van der Waals surface area contributed by atoms with Crippen molar-refractivity contribution >= 4 is 22.6 Å². The Morgan fingerprint density at radius 3 is 2.90 bits per heavy atom. The SMILES string of the molecule is CN1CCCC(Cn2c(CCl)nc3ccc(F)c(F)c32)C1. The van der Waals surface area contributed by atoms with Gasteiger partial charge in [0, 0.05) is 13.1 Å². The molecule has 0 N–H and O–H groups in total. The molecule has 1 aliphatic rings. The Labute approximate surface area is 127 Å². The van der Waals surface area contributed by atoms with Gasteiger partial charge in [-0.05, 0) is 44.5 Å². The average Bonchev–Trinajstić information content (AvgIpc) is 2.81. The summed E-state index contributed by atoms with van der Waals surface area (Å²) in [5.41, 5.74) is 0.701. The van der Waals surface area contributed by atoms with Crippen molar-refractivity contribution in [2.24, 2.45) is 5.92 Å². The van der Waals surface area contributed by atoms with Gasteiger partial charge in [0.2, 0.25) is 0 Å². The summed E-state index contributed by atoms with van der Waals surface area (Å²) in [5.74, 6) is -0.473. The van der Waals surface area contributed by atoms with Crippen molar-refractivity contribution in [3.8, 4) is 0 Å². The first-order valence-electron chi connectivity index (χ1n) is 7.17. The third-order valence-electron chi connectivity index (χ3n) is 4.16. The van der Waals surface area contributed by atoms with E-state index in [0.717, 1.165) is 32.0 Å². The normalized spacial score (nSPS) is 20.3. The van der Waals surface area contributed by atoms with E-state index >= 15 is 0 Å². The van der Waals surface area contributed by atoms with Gasteiger partial charge in [-0.15, -0.1) is 11.6 Å². The highest BCUT2D eigenvalue weighted by molar-refractivity contribution is 6.16. The molecule has 0 amide bonds. The summed E-state index contributed by atoms with van der Waals surface area (Å²) in [4.78, 5) is 6.60. The molecule has 1 atom stereocenters. The van der Waals surface area contributed by atoms with E-state index in [1.54, 1.807) is 4.57 Å². The zero-order valence-electron chi connectivity index (χ0n) is 12.0.